The van der Waals surface area contributed by atoms with E-state index in [0.717, 1.165) is 23.5 Å². The molecular formula is C23H26N2O6S3. The summed E-state index contributed by atoms with van der Waals surface area (Å²) in [5.41, 5.74) is 1.10. The summed E-state index contributed by atoms with van der Waals surface area (Å²) in [4.78, 5) is 40.3. The van der Waals surface area contributed by atoms with Crippen LogP contribution in [0.1, 0.15) is 33.3 Å². The lowest BCUT2D eigenvalue weighted by Crippen LogP contribution is -2.58. The molecule has 34 heavy (non-hydrogen) atoms. The predicted octanol–water partition coefficient (Wildman–Crippen LogP) is 4.49. The van der Waals surface area contributed by atoms with E-state index < -0.39 is 17.5 Å². The van der Waals surface area contributed by atoms with Gasteiger partial charge in [-0.1, -0.05) is 35.7 Å². The number of thioether (sulfide) groups is 2. The molecule has 0 radical (unpaired) electrons. The Morgan fingerprint density at radius 1 is 1.06 bits per heavy atom. The molecule has 2 heterocycles. The Kier molecular flexibility index (Phi) is 7.99. The predicted molar refractivity (Wildman–Crippen MR) is 139 cm³/mol. The molecule has 8 nitrogen and oxygen atoms in total. The van der Waals surface area contributed by atoms with E-state index in [-0.39, 0.29) is 15.8 Å². The van der Waals surface area contributed by atoms with Crippen LogP contribution in [0.15, 0.2) is 32.2 Å². The van der Waals surface area contributed by atoms with Crippen molar-refractivity contribution in [3.05, 3.63) is 37.8 Å². The quantitative estimate of drug-likeness (QED) is 0.341. The summed E-state index contributed by atoms with van der Waals surface area (Å²) in [5, 5.41) is 2.85. The first kappa shape index (κ1) is 26.1. The van der Waals surface area contributed by atoms with Crippen LogP contribution in [0.5, 0.6) is 5.75 Å². The number of rotatable bonds is 5. The fourth-order valence-electron chi connectivity index (χ4n) is 3.65. The number of hydrogen-bond acceptors (Lipinski definition) is 9. The molecule has 182 valence electrons. The minimum absolute atomic E-state index is 0.135. The van der Waals surface area contributed by atoms with Crippen molar-refractivity contribution >= 4 is 69.8 Å². The van der Waals surface area contributed by atoms with Crippen molar-refractivity contribution < 1.29 is 28.6 Å². The van der Waals surface area contributed by atoms with Gasteiger partial charge in [0.2, 0.25) is 0 Å². The maximum absolute atomic E-state index is 13.1. The number of nitrogens with one attached hydrogen (secondary N) is 1. The van der Waals surface area contributed by atoms with Gasteiger partial charge in [-0.3, -0.25) is 4.90 Å². The molecule has 2 aliphatic heterocycles. The fourth-order valence-corrected chi connectivity index (χ4v) is 6.68. The number of thiocarbonyl (C=S) groups is 1. The number of esters is 2. The van der Waals surface area contributed by atoms with E-state index in [9.17, 15) is 14.4 Å². The number of methoxy groups -OCH3 is 2. The second-order valence-electron chi connectivity index (χ2n) is 7.68. The van der Waals surface area contributed by atoms with Crippen molar-refractivity contribution in [2.75, 3.05) is 32.3 Å². The van der Waals surface area contributed by atoms with E-state index >= 15 is 0 Å². The molecule has 1 aromatic carbocycles. The zero-order valence-electron chi connectivity index (χ0n) is 19.8. The molecule has 1 aromatic rings. The van der Waals surface area contributed by atoms with Crippen molar-refractivity contribution in [1.29, 1.82) is 0 Å². The van der Waals surface area contributed by atoms with Gasteiger partial charge in [0, 0.05) is 17.7 Å². The molecule has 0 aliphatic carbocycles. The lowest BCUT2D eigenvalue weighted by molar-refractivity contribution is -0.138. The van der Waals surface area contributed by atoms with Crippen LogP contribution >= 0.6 is 35.7 Å². The van der Waals surface area contributed by atoms with Crippen molar-refractivity contribution in [3.8, 4) is 5.75 Å². The van der Waals surface area contributed by atoms with Gasteiger partial charge >= 0.3 is 18.0 Å². The second kappa shape index (κ2) is 10.4. The zero-order valence-corrected chi connectivity index (χ0v) is 22.2. The number of fused-ring (bicyclic) bond motifs is 1. The molecule has 2 aliphatic rings. The minimum Gasteiger partial charge on any atom is -0.494 e. The lowest BCUT2D eigenvalue weighted by Gasteiger charge is -2.45. The van der Waals surface area contributed by atoms with Crippen molar-refractivity contribution in [1.82, 2.24) is 5.32 Å². The maximum Gasteiger partial charge on any atom is 0.346 e. The van der Waals surface area contributed by atoms with Gasteiger partial charge in [-0.15, -0.1) is 0 Å². The number of hydrogen-bond donors (Lipinski definition) is 1. The second-order valence-corrected chi connectivity index (χ2v) is 10.4. The summed E-state index contributed by atoms with van der Waals surface area (Å²) in [7, 11) is 2.51. The van der Waals surface area contributed by atoms with Crippen LogP contribution in [-0.2, 0) is 19.1 Å². The van der Waals surface area contributed by atoms with Gasteiger partial charge in [-0.05, 0) is 45.9 Å². The molecule has 0 spiro atoms. The highest BCUT2D eigenvalue weighted by Crippen LogP contribution is 2.56. The van der Waals surface area contributed by atoms with Crippen LogP contribution in [0.4, 0.5) is 10.5 Å². The third-order valence-electron chi connectivity index (χ3n) is 5.20. The number of carbonyl (C=O) groups excluding carboxylic acids is 3. The first-order chi connectivity index (χ1) is 16.1. The van der Waals surface area contributed by atoms with Crippen LogP contribution in [0, 0.1) is 0 Å². The first-order valence-corrected chi connectivity index (χ1v) is 12.6. The summed E-state index contributed by atoms with van der Waals surface area (Å²) in [5.74, 6) is -0.663. The Balaban J connectivity index is 2.26. The van der Waals surface area contributed by atoms with Gasteiger partial charge < -0.3 is 19.5 Å². The normalized spacial score (nSPS) is 16.9. The molecule has 0 unspecified atom stereocenters. The summed E-state index contributed by atoms with van der Waals surface area (Å²) < 4.78 is 16.1. The Labute approximate surface area is 212 Å². The number of ether oxygens (including phenoxy) is 3. The molecule has 2 amide bonds. The van der Waals surface area contributed by atoms with E-state index in [2.05, 4.69) is 5.32 Å². The molecule has 0 bridgehead atoms. The van der Waals surface area contributed by atoms with Gasteiger partial charge in [-0.25, -0.2) is 14.4 Å². The van der Waals surface area contributed by atoms with Crippen molar-refractivity contribution in [2.45, 2.75) is 33.2 Å². The average Bonchev–Trinajstić information content (AvgIpc) is 3.24. The molecule has 3 rings (SSSR count). The number of nitrogens with zero attached hydrogens (tertiary/aromatic N) is 1. The third-order valence-corrected chi connectivity index (χ3v) is 8.47. The van der Waals surface area contributed by atoms with Crippen molar-refractivity contribution in [3.63, 3.8) is 0 Å². The van der Waals surface area contributed by atoms with Crippen molar-refractivity contribution in [2.24, 2.45) is 0 Å². The molecule has 0 saturated heterocycles. The molecule has 1 N–H and O–H groups in total. The summed E-state index contributed by atoms with van der Waals surface area (Å²) >= 11 is 8.15. The Bertz CT molecular complexity index is 1100. The summed E-state index contributed by atoms with van der Waals surface area (Å²) in [6.45, 7) is 8.38. The number of urea groups is 1. The van der Waals surface area contributed by atoms with Gasteiger partial charge in [0.25, 0.3) is 0 Å². The summed E-state index contributed by atoms with van der Waals surface area (Å²) in [6, 6.07) is 5.16. The highest BCUT2D eigenvalue weighted by molar-refractivity contribution is 8.29. The van der Waals surface area contributed by atoms with Crippen LogP contribution in [0.3, 0.4) is 0 Å². The molecule has 0 fully saturated rings. The van der Waals surface area contributed by atoms with Crippen LogP contribution < -0.4 is 15.0 Å². The fraction of sp³-hybridized carbons (Fsp3) is 0.391. The molecule has 0 aromatic heterocycles. The highest BCUT2D eigenvalue weighted by atomic mass is 32.2. The smallest absolute Gasteiger partial charge is 0.346 e. The number of carbonyl (C=O) groups is 3. The largest absolute Gasteiger partial charge is 0.494 e. The van der Waals surface area contributed by atoms with E-state index in [1.165, 1.54) is 14.2 Å². The Morgan fingerprint density at radius 3 is 2.15 bits per heavy atom. The summed E-state index contributed by atoms with van der Waals surface area (Å²) in [6.07, 6.45) is 0. The van der Waals surface area contributed by atoms with Gasteiger partial charge in [-0.2, -0.15) is 0 Å². The number of amides is 2. The lowest BCUT2D eigenvalue weighted by atomic mass is 9.83. The van der Waals surface area contributed by atoms with E-state index in [1.54, 1.807) is 11.0 Å². The molecular weight excluding hydrogens is 496 g/mol. The SMILES string of the molecule is CCNC(=O)N1c2ccc(OCC)cc2C(=C2SC(C(=O)OC)=C(C(=O)OC)S2)C(=S)C1(C)C. The van der Waals surface area contributed by atoms with Gasteiger partial charge in [0.1, 0.15) is 15.6 Å². The maximum atomic E-state index is 13.1. The average molecular weight is 523 g/mol. The Morgan fingerprint density at radius 2 is 1.65 bits per heavy atom. The van der Waals surface area contributed by atoms with E-state index in [4.69, 9.17) is 26.4 Å². The third kappa shape index (κ3) is 4.56. The monoisotopic (exact) mass is 522 g/mol. The minimum atomic E-state index is -0.877. The van der Waals surface area contributed by atoms with Crippen LogP contribution in [0.25, 0.3) is 5.57 Å². The standard InChI is InChI=1S/C23H26N2O6S3/c1-7-24-22(28)25-14-10-9-12(31-8-2)11-13(14)15(18(32)23(25,3)4)21-33-16(19(26)29-5)17(34-21)20(27)30-6/h9-11H,7-8H2,1-6H3,(H,24,28). The topological polar surface area (TPSA) is 94.2 Å². The van der Waals surface area contributed by atoms with Gasteiger partial charge in [0.05, 0.1) is 41.2 Å². The molecule has 0 atom stereocenters. The van der Waals surface area contributed by atoms with Crippen LogP contribution in [-0.4, -0.2) is 55.7 Å². The number of anilines is 1. The van der Waals surface area contributed by atoms with Crippen LogP contribution in [0.2, 0.25) is 0 Å². The number of benzene rings is 1. The first-order valence-electron chi connectivity index (χ1n) is 10.5. The van der Waals surface area contributed by atoms with E-state index in [0.29, 0.717) is 44.8 Å². The Hall–Kier alpha value is -2.50. The highest BCUT2D eigenvalue weighted by Gasteiger charge is 2.46. The molecule has 0 saturated carbocycles. The van der Waals surface area contributed by atoms with E-state index in [1.807, 2.05) is 39.8 Å². The zero-order chi connectivity index (χ0) is 25.2. The molecule has 11 heteroatoms. The van der Waals surface area contributed by atoms with Gasteiger partial charge in [0.15, 0.2) is 0 Å².